The fourth-order valence-corrected chi connectivity index (χ4v) is 3.43. The number of halogens is 3. The van der Waals surface area contributed by atoms with Crippen molar-refractivity contribution >= 4 is 29.2 Å². The first-order chi connectivity index (χ1) is 12.9. The van der Waals surface area contributed by atoms with Crippen LogP contribution in [0.4, 0.5) is 24.7 Å². The molecular formula is C18H19F3N4OS. The van der Waals surface area contributed by atoms with Crippen molar-refractivity contribution in [3.05, 3.63) is 42.1 Å². The molecule has 1 aromatic heterocycles. The summed E-state index contributed by atoms with van der Waals surface area (Å²) in [5.74, 6) is 0.441. The van der Waals surface area contributed by atoms with Gasteiger partial charge in [-0.25, -0.2) is 9.97 Å². The summed E-state index contributed by atoms with van der Waals surface area (Å²) in [5, 5.41) is 2.95. The highest BCUT2D eigenvalue weighted by molar-refractivity contribution is 7.99. The molecule has 0 atom stereocenters. The molecule has 1 aromatic carbocycles. The summed E-state index contributed by atoms with van der Waals surface area (Å²) in [6.07, 6.45) is 0.693. The topological polar surface area (TPSA) is 58.1 Å². The molecule has 0 aliphatic carbocycles. The first-order valence-electron chi connectivity index (χ1n) is 8.60. The molecule has 0 unspecified atom stereocenters. The Labute approximate surface area is 159 Å². The van der Waals surface area contributed by atoms with Crippen molar-refractivity contribution in [3.8, 4) is 0 Å². The van der Waals surface area contributed by atoms with Crippen LogP contribution in [0, 0.1) is 0 Å². The van der Waals surface area contributed by atoms with Gasteiger partial charge in [-0.3, -0.25) is 4.79 Å². The molecule has 1 amide bonds. The zero-order valence-corrected chi connectivity index (χ0v) is 15.3. The van der Waals surface area contributed by atoms with Gasteiger partial charge in [-0.15, -0.1) is 0 Å². The van der Waals surface area contributed by atoms with E-state index in [2.05, 4.69) is 20.2 Å². The number of rotatable bonds is 5. The van der Waals surface area contributed by atoms with Gasteiger partial charge in [0.15, 0.2) is 5.16 Å². The van der Waals surface area contributed by atoms with Gasteiger partial charge in [0.1, 0.15) is 5.82 Å². The van der Waals surface area contributed by atoms with Crippen molar-refractivity contribution in [1.82, 2.24) is 9.97 Å². The van der Waals surface area contributed by atoms with Crippen LogP contribution in [-0.2, 0) is 11.0 Å². The highest BCUT2D eigenvalue weighted by atomic mass is 32.2. The van der Waals surface area contributed by atoms with Gasteiger partial charge >= 0.3 is 6.18 Å². The van der Waals surface area contributed by atoms with Crippen LogP contribution in [0.3, 0.4) is 0 Å². The van der Waals surface area contributed by atoms with E-state index in [0.717, 1.165) is 55.6 Å². The van der Waals surface area contributed by atoms with Gasteiger partial charge in [0.2, 0.25) is 5.91 Å². The molecule has 0 bridgehead atoms. The molecule has 1 aliphatic rings. The molecule has 1 saturated heterocycles. The monoisotopic (exact) mass is 396 g/mol. The van der Waals surface area contributed by atoms with Crippen LogP contribution in [0.1, 0.15) is 24.8 Å². The van der Waals surface area contributed by atoms with Gasteiger partial charge in [-0.2, -0.15) is 13.2 Å². The van der Waals surface area contributed by atoms with E-state index in [4.69, 9.17) is 0 Å². The highest BCUT2D eigenvalue weighted by Crippen LogP contribution is 2.30. The minimum Gasteiger partial charge on any atom is -0.356 e. The van der Waals surface area contributed by atoms with Crippen LogP contribution in [-0.4, -0.2) is 34.7 Å². The maximum atomic E-state index is 12.7. The predicted molar refractivity (Wildman–Crippen MR) is 98.9 cm³/mol. The van der Waals surface area contributed by atoms with Crippen molar-refractivity contribution in [1.29, 1.82) is 0 Å². The number of hydrogen-bond acceptors (Lipinski definition) is 5. The van der Waals surface area contributed by atoms with Crippen LogP contribution in [0.2, 0.25) is 0 Å². The summed E-state index contributed by atoms with van der Waals surface area (Å²) in [5.41, 5.74) is -0.691. The molecule has 3 rings (SSSR count). The van der Waals surface area contributed by atoms with Crippen molar-refractivity contribution < 1.29 is 18.0 Å². The van der Waals surface area contributed by atoms with Gasteiger partial charge in [-0.1, -0.05) is 17.8 Å². The van der Waals surface area contributed by atoms with Gasteiger partial charge in [0.25, 0.3) is 0 Å². The van der Waals surface area contributed by atoms with Gasteiger partial charge < -0.3 is 10.2 Å². The van der Waals surface area contributed by atoms with Crippen LogP contribution in [0.15, 0.2) is 41.7 Å². The van der Waals surface area contributed by atoms with Crippen LogP contribution in [0.25, 0.3) is 0 Å². The molecule has 5 nitrogen and oxygen atoms in total. The van der Waals surface area contributed by atoms with Gasteiger partial charge in [-0.05, 0) is 43.5 Å². The molecule has 1 N–H and O–H groups in total. The second-order valence-corrected chi connectivity index (χ2v) is 7.10. The third-order valence-corrected chi connectivity index (χ3v) is 4.97. The zero-order chi connectivity index (χ0) is 19.3. The molecule has 0 radical (unpaired) electrons. The molecule has 0 saturated carbocycles. The first kappa shape index (κ1) is 19.5. The molecule has 2 aromatic rings. The average Bonchev–Trinajstić information content (AvgIpc) is 2.67. The Morgan fingerprint density at radius 2 is 1.96 bits per heavy atom. The number of carbonyl (C=O) groups is 1. The number of hydrogen-bond donors (Lipinski definition) is 1. The molecule has 1 fully saturated rings. The van der Waals surface area contributed by atoms with E-state index in [0.29, 0.717) is 5.16 Å². The fraction of sp³-hybridized carbons (Fsp3) is 0.389. The van der Waals surface area contributed by atoms with Crippen LogP contribution >= 0.6 is 11.8 Å². The van der Waals surface area contributed by atoms with E-state index >= 15 is 0 Å². The number of nitrogens with zero attached hydrogens (tertiary/aromatic N) is 3. The Bertz CT molecular complexity index is 794. The number of carbonyl (C=O) groups excluding carboxylic acids is 1. The maximum absolute atomic E-state index is 12.7. The summed E-state index contributed by atoms with van der Waals surface area (Å²) < 4.78 is 38.2. The molecule has 0 spiro atoms. The Hall–Kier alpha value is -2.29. The van der Waals surface area contributed by atoms with E-state index in [1.54, 1.807) is 6.20 Å². The summed E-state index contributed by atoms with van der Waals surface area (Å²) in [6, 6.07) is 6.40. The maximum Gasteiger partial charge on any atom is 0.416 e. The third-order valence-electron chi connectivity index (χ3n) is 4.10. The number of anilines is 2. The smallest absolute Gasteiger partial charge is 0.356 e. The minimum atomic E-state index is -4.45. The zero-order valence-electron chi connectivity index (χ0n) is 14.5. The van der Waals surface area contributed by atoms with Crippen LogP contribution in [0.5, 0.6) is 0 Å². The molecular weight excluding hydrogens is 377 g/mol. The Morgan fingerprint density at radius 3 is 2.70 bits per heavy atom. The SMILES string of the molecule is O=C(CSc1nccc(N2CCCCC2)n1)Nc1cccc(C(F)(F)F)c1. The summed E-state index contributed by atoms with van der Waals surface area (Å²) in [7, 11) is 0. The Morgan fingerprint density at radius 1 is 1.19 bits per heavy atom. The Balaban J connectivity index is 1.56. The third kappa shape index (κ3) is 5.59. The second-order valence-electron chi connectivity index (χ2n) is 6.16. The van der Waals surface area contributed by atoms with E-state index < -0.39 is 17.6 Å². The van der Waals surface area contributed by atoms with Crippen molar-refractivity contribution in [2.24, 2.45) is 0 Å². The molecule has 1 aliphatic heterocycles. The largest absolute Gasteiger partial charge is 0.416 e. The lowest BCUT2D eigenvalue weighted by Crippen LogP contribution is -2.30. The molecule has 27 heavy (non-hydrogen) atoms. The number of piperidine rings is 1. The molecule has 144 valence electrons. The lowest BCUT2D eigenvalue weighted by atomic mass is 10.1. The predicted octanol–water partition coefficient (Wildman–Crippen LogP) is 4.22. The quantitative estimate of drug-likeness (QED) is 0.606. The number of aromatic nitrogens is 2. The van der Waals surface area contributed by atoms with Crippen molar-refractivity contribution in [2.75, 3.05) is 29.1 Å². The van der Waals surface area contributed by atoms with E-state index in [1.165, 1.54) is 18.6 Å². The number of benzene rings is 1. The summed E-state index contributed by atoms with van der Waals surface area (Å²) in [4.78, 5) is 22.9. The van der Waals surface area contributed by atoms with Gasteiger partial charge in [0.05, 0.1) is 11.3 Å². The average molecular weight is 396 g/mol. The van der Waals surface area contributed by atoms with Crippen molar-refractivity contribution in [3.63, 3.8) is 0 Å². The number of amides is 1. The van der Waals surface area contributed by atoms with Crippen molar-refractivity contribution in [2.45, 2.75) is 30.6 Å². The minimum absolute atomic E-state index is 0.0136. The number of alkyl halides is 3. The van der Waals surface area contributed by atoms with E-state index in [1.807, 2.05) is 6.07 Å². The first-order valence-corrected chi connectivity index (χ1v) is 9.58. The highest BCUT2D eigenvalue weighted by Gasteiger charge is 2.30. The van der Waals surface area contributed by atoms with Crippen LogP contribution < -0.4 is 10.2 Å². The lowest BCUT2D eigenvalue weighted by Gasteiger charge is -2.27. The standard InChI is InChI=1S/C18H19F3N4OS/c19-18(20,21)13-5-4-6-14(11-13)23-16(26)12-27-17-22-8-7-15(24-17)25-9-2-1-3-10-25/h4-8,11H,1-3,9-10,12H2,(H,23,26). The number of thioether (sulfide) groups is 1. The summed E-state index contributed by atoms with van der Waals surface area (Å²) in [6.45, 7) is 1.91. The molecule has 9 heteroatoms. The lowest BCUT2D eigenvalue weighted by molar-refractivity contribution is -0.137. The summed E-state index contributed by atoms with van der Waals surface area (Å²) >= 11 is 1.15. The normalized spacial score (nSPS) is 14.9. The van der Waals surface area contributed by atoms with E-state index in [9.17, 15) is 18.0 Å². The second kappa shape index (κ2) is 8.60. The van der Waals surface area contributed by atoms with Gasteiger partial charge in [0, 0.05) is 25.0 Å². The Kier molecular flexibility index (Phi) is 6.20. The fourth-order valence-electron chi connectivity index (χ4n) is 2.80. The number of nitrogens with one attached hydrogen (secondary N) is 1. The van der Waals surface area contributed by atoms with E-state index in [-0.39, 0.29) is 11.4 Å². The molecule has 2 heterocycles.